The second-order valence-electron chi connectivity index (χ2n) is 10.7. The van der Waals surface area contributed by atoms with E-state index in [1.165, 1.54) is 49.4 Å². The highest BCUT2D eigenvalue weighted by Crippen LogP contribution is 2.38. The Morgan fingerprint density at radius 1 is 0.844 bits per heavy atom. The molecule has 1 saturated heterocycles. The summed E-state index contributed by atoms with van der Waals surface area (Å²) in [6.07, 6.45) is 6.50. The van der Waals surface area contributed by atoms with Gasteiger partial charge in [0.15, 0.2) is 23.1 Å². The predicted octanol–water partition coefficient (Wildman–Crippen LogP) is 7.49. The third-order valence-corrected chi connectivity index (χ3v) is 7.64. The van der Waals surface area contributed by atoms with Crippen LogP contribution in [0.15, 0.2) is 85.2 Å². The van der Waals surface area contributed by atoms with Gasteiger partial charge in [0, 0.05) is 42.1 Å². The van der Waals surface area contributed by atoms with E-state index in [2.05, 4.69) is 20.2 Å². The van der Waals surface area contributed by atoms with E-state index in [1.54, 1.807) is 55.8 Å². The van der Waals surface area contributed by atoms with Crippen LogP contribution in [-0.2, 0) is 0 Å². The van der Waals surface area contributed by atoms with Gasteiger partial charge in [-0.05, 0) is 92.0 Å². The van der Waals surface area contributed by atoms with Crippen molar-refractivity contribution in [2.45, 2.75) is 19.3 Å². The minimum Gasteiger partial charge on any atom is -0.493 e. The zero-order chi connectivity index (χ0) is 31.2. The maximum atomic E-state index is 15.2. The van der Waals surface area contributed by atoms with Gasteiger partial charge in [-0.3, -0.25) is 14.8 Å². The number of fused-ring (bicyclic) bond motifs is 1. The number of ether oxygens (including phenoxy) is 3. The van der Waals surface area contributed by atoms with Crippen molar-refractivity contribution >= 4 is 22.5 Å². The number of hydrogen-bond acceptors (Lipinski definition) is 7. The van der Waals surface area contributed by atoms with Crippen molar-refractivity contribution in [3.8, 4) is 34.1 Å². The molecule has 1 fully saturated rings. The fourth-order valence-electron chi connectivity index (χ4n) is 5.32. The van der Waals surface area contributed by atoms with Gasteiger partial charge in [0.05, 0.1) is 19.2 Å². The number of carbonyl (C=O) groups is 1. The number of amides is 1. The normalized spacial score (nSPS) is 13.1. The van der Waals surface area contributed by atoms with Crippen LogP contribution in [0, 0.1) is 11.6 Å². The summed E-state index contributed by atoms with van der Waals surface area (Å²) in [6, 6.07) is 18.6. The molecule has 8 nitrogen and oxygen atoms in total. The summed E-state index contributed by atoms with van der Waals surface area (Å²) in [5.74, 6) is -0.0783. The van der Waals surface area contributed by atoms with Gasteiger partial charge in [-0.25, -0.2) is 8.78 Å². The summed E-state index contributed by atoms with van der Waals surface area (Å²) in [5.41, 5.74) is 2.40. The highest BCUT2D eigenvalue weighted by Gasteiger charge is 2.16. The summed E-state index contributed by atoms with van der Waals surface area (Å²) >= 11 is 0. The Balaban J connectivity index is 1.14. The third kappa shape index (κ3) is 7.18. The summed E-state index contributed by atoms with van der Waals surface area (Å²) in [7, 11) is 1.57. The number of benzene rings is 3. The van der Waals surface area contributed by atoms with E-state index in [0.717, 1.165) is 31.6 Å². The molecule has 6 rings (SSSR count). The van der Waals surface area contributed by atoms with Crippen LogP contribution in [0.2, 0.25) is 0 Å². The van der Waals surface area contributed by atoms with E-state index >= 15 is 4.39 Å². The minimum atomic E-state index is -0.671. The molecule has 230 valence electrons. The smallest absolute Gasteiger partial charge is 0.274 e. The average molecular weight is 611 g/mol. The molecule has 0 unspecified atom stereocenters. The number of pyridine rings is 2. The molecule has 3 heterocycles. The molecule has 3 aromatic carbocycles. The Bertz CT molecular complexity index is 1810. The first-order valence-corrected chi connectivity index (χ1v) is 14.8. The van der Waals surface area contributed by atoms with Crippen LogP contribution in [-0.4, -0.2) is 54.1 Å². The van der Waals surface area contributed by atoms with Gasteiger partial charge < -0.3 is 24.4 Å². The van der Waals surface area contributed by atoms with Crippen molar-refractivity contribution < 1.29 is 27.8 Å². The Labute approximate surface area is 259 Å². The van der Waals surface area contributed by atoms with Gasteiger partial charge in [0.25, 0.3) is 5.91 Å². The molecule has 0 radical (unpaired) electrons. The number of hydrogen-bond donors (Lipinski definition) is 1. The van der Waals surface area contributed by atoms with E-state index in [1.807, 2.05) is 0 Å². The topological polar surface area (TPSA) is 85.8 Å². The second-order valence-corrected chi connectivity index (χ2v) is 10.7. The van der Waals surface area contributed by atoms with Crippen molar-refractivity contribution in [3.63, 3.8) is 0 Å². The van der Waals surface area contributed by atoms with E-state index < -0.39 is 11.7 Å². The molecule has 5 aromatic rings. The number of nitrogens with one attached hydrogen (secondary N) is 1. The van der Waals surface area contributed by atoms with Crippen LogP contribution in [0.1, 0.15) is 29.8 Å². The van der Waals surface area contributed by atoms with E-state index in [-0.39, 0.29) is 22.9 Å². The Hall–Kier alpha value is -5.09. The van der Waals surface area contributed by atoms with Crippen molar-refractivity contribution in [2.24, 2.45) is 0 Å². The van der Waals surface area contributed by atoms with Crippen LogP contribution in [0.4, 0.5) is 14.5 Å². The Morgan fingerprint density at radius 2 is 1.64 bits per heavy atom. The van der Waals surface area contributed by atoms with Crippen LogP contribution in [0.5, 0.6) is 23.0 Å². The molecular weight excluding hydrogens is 578 g/mol. The maximum absolute atomic E-state index is 15.2. The first kappa shape index (κ1) is 30.0. The summed E-state index contributed by atoms with van der Waals surface area (Å²) in [4.78, 5) is 23.9. The zero-order valence-corrected chi connectivity index (χ0v) is 24.8. The van der Waals surface area contributed by atoms with Gasteiger partial charge in [-0.2, -0.15) is 0 Å². The Morgan fingerprint density at radius 3 is 2.42 bits per heavy atom. The average Bonchev–Trinajstić information content (AvgIpc) is 3.58. The first-order chi connectivity index (χ1) is 22.0. The molecule has 0 aliphatic carbocycles. The standard InChI is InChI=1S/C35H32F2N4O4/c1-43-33-21-27-29(22-34(33)44-18-4-17-41-15-2-3-16-41)38-14-12-31(27)45-32-10-9-26(20-28(32)37)40-35(42)30-19-24(11-13-39-30)23-5-7-25(36)8-6-23/h5-14,19-22H,2-4,15-18H2,1H3,(H,40,42). The maximum Gasteiger partial charge on any atom is 0.274 e. The molecule has 0 saturated carbocycles. The summed E-state index contributed by atoms with van der Waals surface area (Å²) in [6.45, 7) is 3.85. The van der Waals surface area contributed by atoms with Crippen molar-refractivity contribution in [1.82, 2.24) is 14.9 Å². The molecule has 1 N–H and O–H groups in total. The first-order valence-electron chi connectivity index (χ1n) is 14.8. The van der Waals surface area contributed by atoms with Gasteiger partial charge in [-0.1, -0.05) is 12.1 Å². The minimum absolute atomic E-state index is 0.0295. The number of carbonyl (C=O) groups excluding carboxylic acids is 1. The van der Waals surface area contributed by atoms with Gasteiger partial charge in [0.2, 0.25) is 0 Å². The van der Waals surface area contributed by atoms with E-state index in [4.69, 9.17) is 14.2 Å². The number of methoxy groups -OCH3 is 1. The highest BCUT2D eigenvalue weighted by molar-refractivity contribution is 6.03. The van der Waals surface area contributed by atoms with Crippen LogP contribution in [0.25, 0.3) is 22.0 Å². The van der Waals surface area contributed by atoms with Crippen LogP contribution >= 0.6 is 0 Å². The number of nitrogens with zero attached hydrogens (tertiary/aromatic N) is 3. The lowest BCUT2D eigenvalue weighted by Crippen LogP contribution is -2.21. The van der Waals surface area contributed by atoms with E-state index in [0.29, 0.717) is 40.3 Å². The summed E-state index contributed by atoms with van der Waals surface area (Å²) in [5, 5.41) is 3.29. The lowest BCUT2D eigenvalue weighted by atomic mass is 10.1. The number of halogens is 2. The number of aromatic nitrogens is 2. The molecule has 1 aliphatic heterocycles. The van der Waals surface area contributed by atoms with E-state index in [9.17, 15) is 9.18 Å². The van der Waals surface area contributed by atoms with Gasteiger partial charge >= 0.3 is 0 Å². The molecular formula is C35H32F2N4O4. The predicted molar refractivity (Wildman–Crippen MR) is 168 cm³/mol. The number of rotatable bonds is 11. The Kier molecular flexibility index (Phi) is 9.11. The molecule has 2 aromatic heterocycles. The quantitative estimate of drug-likeness (QED) is 0.155. The third-order valence-electron chi connectivity index (χ3n) is 7.64. The van der Waals surface area contributed by atoms with Gasteiger partial charge in [0.1, 0.15) is 17.3 Å². The molecule has 0 atom stereocenters. The lowest BCUT2D eigenvalue weighted by Gasteiger charge is -2.16. The highest BCUT2D eigenvalue weighted by atomic mass is 19.1. The SMILES string of the molecule is COc1cc2c(Oc3ccc(NC(=O)c4cc(-c5ccc(F)cc5)ccn4)cc3F)ccnc2cc1OCCCN1CCCC1. The fourth-order valence-corrected chi connectivity index (χ4v) is 5.32. The van der Waals surface area contributed by atoms with Gasteiger partial charge in [-0.15, -0.1) is 0 Å². The number of likely N-dealkylation sites (tertiary alicyclic amines) is 1. The monoisotopic (exact) mass is 610 g/mol. The van der Waals surface area contributed by atoms with Crippen LogP contribution in [0.3, 0.4) is 0 Å². The van der Waals surface area contributed by atoms with Crippen molar-refractivity contribution in [2.75, 3.05) is 38.7 Å². The van der Waals surface area contributed by atoms with Crippen molar-refractivity contribution in [3.05, 3.63) is 103 Å². The molecule has 0 bridgehead atoms. The molecule has 1 aliphatic rings. The summed E-state index contributed by atoms with van der Waals surface area (Å²) < 4.78 is 46.1. The molecule has 1 amide bonds. The number of anilines is 1. The second kappa shape index (κ2) is 13.7. The largest absolute Gasteiger partial charge is 0.493 e. The molecule has 0 spiro atoms. The molecule has 45 heavy (non-hydrogen) atoms. The zero-order valence-electron chi connectivity index (χ0n) is 24.8. The fraction of sp³-hybridized carbons (Fsp3) is 0.229. The molecule has 10 heteroatoms. The van der Waals surface area contributed by atoms with Crippen LogP contribution < -0.4 is 19.5 Å². The lowest BCUT2D eigenvalue weighted by molar-refractivity contribution is 0.102. The van der Waals surface area contributed by atoms with Crippen molar-refractivity contribution in [1.29, 1.82) is 0 Å².